The first-order chi connectivity index (χ1) is 6.31. The molecule has 0 N–H and O–H groups in total. The molecule has 2 aromatic heterocycles. The topological polar surface area (TPSA) is 38.9 Å². The molecule has 0 unspecified atom stereocenters. The summed E-state index contributed by atoms with van der Waals surface area (Å²) in [4.78, 5) is 0. The van der Waals surface area contributed by atoms with Gasteiger partial charge in [0.15, 0.2) is 8.02 Å². The first-order valence-electron chi connectivity index (χ1n) is 3.87. The number of aryl methyl sites for hydroxylation is 1. The number of hydrogen-bond donors (Lipinski definition) is 0. The summed E-state index contributed by atoms with van der Waals surface area (Å²) in [6, 6.07) is 1.94. The highest BCUT2D eigenvalue weighted by Crippen LogP contribution is 2.28. The third kappa shape index (κ3) is 1.76. The predicted molar refractivity (Wildman–Crippen MR) is 59.7 cm³/mol. The van der Waals surface area contributed by atoms with Gasteiger partial charge in [-0.1, -0.05) is 18.3 Å². The van der Waals surface area contributed by atoms with Crippen LogP contribution in [0.1, 0.15) is 12.7 Å². The Hall–Kier alpha value is -0.430. The SMILES string of the molecule is CCc1occc1-c1nnc(I)s1. The lowest BCUT2D eigenvalue weighted by Gasteiger charge is -1.92. The van der Waals surface area contributed by atoms with Crippen molar-refractivity contribution in [2.45, 2.75) is 13.3 Å². The van der Waals surface area contributed by atoms with E-state index in [9.17, 15) is 0 Å². The van der Waals surface area contributed by atoms with Gasteiger partial charge in [-0.3, -0.25) is 0 Å². The number of aromatic nitrogens is 2. The summed E-state index contributed by atoms with van der Waals surface area (Å²) in [5.41, 5.74) is 1.07. The summed E-state index contributed by atoms with van der Waals surface area (Å²) in [6.07, 6.45) is 2.58. The Kier molecular flexibility index (Phi) is 2.63. The maximum absolute atomic E-state index is 5.31. The summed E-state index contributed by atoms with van der Waals surface area (Å²) in [5, 5.41) is 8.97. The number of nitrogens with zero attached hydrogens (tertiary/aromatic N) is 2. The highest BCUT2D eigenvalue weighted by Gasteiger charge is 2.11. The minimum Gasteiger partial charge on any atom is -0.469 e. The number of halogens is 1. The molecule has 68 valence electrons. The van der Waals surface area contributed by atoms with Crippen LogP contribution in [0.4, 0.5) is 0 Å². The zero-order valence-electron chi connectivity index (χ0n) is 6.95. The number of furan rings is 1. The maximum atomic E-state index is 5.31. The van der Waals surface area contributed by atoms with E-state index in [4.69, 9.17) is 4.42 Å². The van der Waals surface area contributed by atoms with Crippen LogP contribution in [0.25, 0.3) is 10.6 Å². The molecule has 2 rings (SSSR count). The van der Waals surface area contributed by atoms with Gasteiger partial charge in [0.1, 0.15) is 5.76 Å². The van der Waals surface area contributed by atoms with Crippen molar-refractivity contribution in [2.75, 3.05) is 0 Å². The van der Waals surface area contributed by atoms with E-state index in [1.807, 2.05) is 6.07 Å². The van der Waals surface area contributed by atoms with E-state index in [0.29, 0.717) is 0 Å². The minimum absolute atomic E-state index is 0.887. The zero-order valence-corrected chi connectivity index (χ0v) is 9.92. The van der Waals surface area contributed by atoms with Crippen molar-refractivity contribution >= 4 is 33.9 Å². The second-order valence-corrected chi connectivity index (χ2v) is 5.20. The van der Waals surface area contributed by atoms with Gasteiger partial charge in [-0.15, -0.1) is 10.2 Å². The summed E-state index contributed by atoms with van der Waals surface area (Å²) < 4.78 is 6.27. The number of hydrogen-bond acceptors (Lipinski definition) is 4. The van der Waals surface area contributed by atoms with Crippen molar-refractivity contribution in [3.63, 3.8) is 0 Å². The van der Waals surface area contributed by atoms with Crippen LogP contribution in [0.5, 0.6) is 0 Å². The van der Waals surface area contributed by atoms with E-state index in [1.165, 1.54) is 0 Å². The summed E-state index contributed by atoms with van der Waals surface area (Å²) in [6.45, 7) is 2.06. The third-order valence-corrected chi connectivity index (χ3v) is 3.32. The van der Waals surface area contributed by atoms with Gasteiger partial charge in [0.05, 0.1) is 11.8 Å². The van der Waals surface area contributed by atoms with Crippen molar-refractivity contribution in [1.82, 2.24) is 10.2 Å². The fraction of sp³-hybridized carbons (Fsp3) is 0.250. The van der Waals surface area contributed by atoms with Gasteiger partial charge < -0.3 is 4.42 Å². The van der Waals surface area contributed by atoms with Gasteiger partial charge in [-0.2, -0.15) is 0 Å². The molecule has 3 nitrogen and oxygen atoms in total. The van der Waals surface area contributed by atoms with Crippen LogP contribution >= 0.6 is 33.9 Å². The highest BCUT2D eigenvalue weighted by atomic mass is 127. The average molecular weight is 306 g/mol. The summed E-state index contributed by atoms with van der Waals surface area (Å²) >= 11 is 3.74. The fourth-order valence-corrected chi connectivity index (χ4v) is 2.47. The number of rotatable bonds is 2. The first kappa shape index (κ1) is 9.14. The Labute approximate surface area is 93.3 Å². The largest absolute Gasteiger partial charge is 0.469 e. The van der Waals surface area contributed by atoms with Crippen LogP contribution in [0.3, 0.4) is 0 Å². The molecule has 0 amide bonds. The molecule has 13 heavy (non-hydrogen) atoms. The molecule has 0 saturated carbocycles. The Morgan fingerprint density at radius 3 is 3.00 bits per heavy atom. The van der Waals surface area contributed by atoms with Gasteiger partial charge in [0.2, 0.25) is 0 Å². The van der Waals surface area contributed by atoms with E-state index < -0.39 is 0 Å². The van der Waals surface area contributed by atoms with Gasteiger partial charge >= 0.3 is 0 Å². The summed E-state index contributed by atoms with van der Waals surface area (Å²) in [5.74, 6) is 0.979. The van der Waals surface area contributed by atoms with Gasteiger partial charge in [0, 0.05) is 6.42 Å². The van der Waals surface area contributed by atoms with E-state index in [0.717, 1.165) is 25.8 Å². The molecular weight excluding hydrogens is 299 g/mol. The van der Waals surface area contributed by atoms with Crippen LogP contribution in [-0.4, -0.2) is 10.2 Å². The van der Waals surface area contributed by atoms with Crippen LogP contribution in [-0.2, 0) is 6.42 Å². The van der Waals surface area contributed by atoms with Crippen molar-refractivity contribution in [3.05, 3.63) is 21.1 Å². The van der Waals surface area contributed by atoms with Crippen molar-refractivity contribution in [3.8, 4) is 10.6 Å². The normalized spacial score (nSPS) is 10.6. The monoisotopic (exact) mass is 306 g/mol. The molecule has 0 spiro atoms. The Morgan fingerprint density at radius 2 is 2.38 bits per heavy atom. The molecule has 0 aliphatic carbocycles. The lowest BCUT2D eigenvalue weighted by Crippen LogP contribution is -1.80. The molecule has 0 fully saturated rings. The molecule has 0 radical (unpaired) electrons. The standard InChI is InChI=1S/C8H7IN2OS/c1-2-6-5(3-4-12-6)7-10-11-8(9)13-7/h3-4H,2H2,1H3. The van der Waals surface area contributed by atoms with Crippen molar-refractivity contribution in [1.29, 1.82) is 0 Å². The quantitative estimate of drug-likeness (QED) is 0.801. The molecule has 0 aromatic carbocycles. The first-order valence-corrected chi connectivity index (χ1v) is 5.76. The van der Waals surface area contributed by atoms with Crippen molar-refractivity contribution in [2.24, 2.45) is 0 Å². The van der Waals surface area contributed by atoms with E-state index >= 15 is 0 Å². The second-order valence-electron chi connectivity index (χ2n) is 2.47. The third-order valence-electron chi connectivity index (χ3n) is 1.70. The van der Waals surface area contributed by atoms with Crippen molar-refractivity contribution < 1.29 is 4.42 Å². The minimum atomic E-state index is 0.887. The molecule has 0 bridgehead atoms. The van der Waals surface area contributed by atoms with Crippen LogP contribution in [0.15, 0.2) is 16.7 Å². The average Bonchev–Trinajstić information content (AvgIpc) is 2.71. The molecule has 5 heteroatoms. The van der Waals surface area contributed by atoms with E-state index in [2.05, 4.69) is 39.7 Å². The molecule has 0 aliphatic heterocycles. The Morgan fingerprint density at radius 1 is 1.54 bits per heavy atom. The predicted octanol–water partition coefficient (Wildman–Crippen LogP) is 2.97. The molecule has 0 atom stereocenters. The lowest BCUT2D eigenvalue weighted by molar-refractivity contribution is 0.517. The molecule has 0 saturated heterocycles. The smallest absolute Gasteiger partial charge is 0.178 e. The molecule has 2 aromatic rings. The van der Waals surface area contributed by atoms with Gasteiger partial charge in [-0.05, 0) is 28.7 Å². The highest BCUT2D eigenvalue weighted by molar-refractivity contribution is 14.1. The van der Waals surface area contributed by atoms with E-state index in [1.54, 1.807) is 17.6 Å². The van der Waals surface area contributed by atoms with Gasteiger partial charge in [-0.25, -0.2) is 0 Å². The lowest BCUT2D eigenvalue weighted by atomic mass is 10.2. The summed E-state index contributed by atoms with van der Waals surface area (Å²) in [7, 11) is 0. The van der Waals surface area contributed by atoms with Crippen LogP contribution in [0, 0.1) is 3.01 Å². The van der Waals surface area contributed by atoms with Gasteiger partial charge in [0.25, 0.3) is 0 Å². The van der Waals surface area contributed by atoms with E-state index in [-0.39, 0.29) is 0 Å². The van der Waals surface area contributed by atoms with Crippen LogP contribution in [0.2, 0.25) is 0 Å². The molecule has 2 heterocycles. The zero-order chi connectivity index (χ0) is 9.26. The van der Waals surface area contributed by atoms with Crippen LogP contribution < -0.4 is 0 Å². The molecular formula is C8H7IN2OS. The fourth-order valence-electron chi connectivity index (χ4n) is 1.12. The second kappa shape index (κ2) is 3.75. The Bertz CT molecular complexity index is 410. The maximum Gasteiger partial charge on any atom is 0.178 e. The Balaban J connectivity index is 2.45. The molecule has 0 aliphatic rings.